The second-order valence-corrected chi connectivity index (χ2v) is 3.97. The van der Waals surface area contributed by atoms with Gasteiger partial charge in [0.1, 0.15) is 0 Å². The number of carbonyl (C=O) groups excluding carboxylic acids is 1. The number of unbranched alkanes of at least 4 members (excludes halogenated alkanes) is 1. The van der Waals surface area contributed by atoms with Crippen LogP contribution < -0.4 is 0 Å². The van der Waals surface area contributed by atoms with Gasteiger partial charge in [0, 0.05) is 20.7 Å². The van der Waals surface area contributed by atoms with Gasteiger partial charge in [0.2, 0.25) is 5.91 Å². The lowest BCUT2D eigenvalue weighted by Gasteiger charge is -2.28. The van der Waals surface area contributed by atoms with Crippen LogP contribution in [0.4, 0.5) is 0 Å². The minimum absolute atomic E-state index is 0.0660. The van der Waals surface area contributed by atoms with E-state index < -0.39 is 0 Å². The summed E-state index contributed by atoms with van der Waals surface area (Å²) < 4.78 is 0. The Labute approximate surface area is 92.9 Å². The molecule has 0 saturated heterocycles. The standard InChI is InChI=1S/C11H24N2O2/c1-5-13(8-6-7-9-14)10(2)11(15)12(3)4/h10,14H,5-9H2,1-4H3. The van der Waals surface area contributed by atoms with E-state index in [0.29, 0.717) is 0 Å². The molecule has 0 saturated carbocycles. The molecule has 0 aromatic carbocycles. The molecular weight excluding hydrogens is 192 g/mol. The molecule has 0 heterocycles. The smallest absolute Gasteiger partial charge is 0.239 e. The van der Waals surface area contributed by atoms with E-state index in [1.165, 1.54) is 0 Å². The first-order valence-electron chi connectivity index (χ1n) is 5.60. The van der Waals surface area contributed by atoms with Crippen LogP contribution in [0.15, 0.2) is 0 Å². The third kappa shape index (κ3) is 5.14. The zero-order valence-electron chi connectivity index (χ0n) is 10.4. The normalized spacial score (nSPS) is 12.9. The second-order valence-electron chi connectivity index (χ2n) is 3.97. The van der Waals surface area contributed by atoms with E-state index in [2.05, 4.69) is 11.8 Å². The topological polar surface area (TPSA) is 43.8 Å². The van der Waals surface area contributed by atoms with Crippen LogP contribution in [-0.2, 0) is 4.79 Å². The SMILES string of the molecule is CCN(CCCCO)C(C)C(=O)N(C)C. The van der Waals surface area contributed by atoms with E-state index >= 15 is 0 Å². The molecule has 0 fully saturated rings. The third-order valence-electron chi connectivity index (χ3n) is 2.61. The van der Waals surface area contributed by atoms with Gasteiger partial charge in [-0.25, -0.2) is 0 Å². The molecule has 0 bridgehead atoms. The van der Waals surface area contributed by atoms with Crippen LogP contribution in [0.3, 0.4) is 0 Å². The lowest BCUT2D eigenvalue weighted by molar-refractivity contribution is -0.133. The Morgan fingerprint density at radius 3 is 2.33 bits per heavy atom. The average Bonchev–Trinajstić information content (AvgIpc) is 2.22. The minimum Gasteiger partial charge on any atom is -0.396 e. The first-order chi connectivity index (χ1) is 7.04. The van der Waals surface area contributed by atoms with E-state index in [4.69, 9.17) is 5.11 Å². The Morgan fingerprint density at radius 2 is 1.93 bits per heavy atom. The maximum absolute atomic E-state index is 11.7. The van der Waals surface area contributed by atoms with Crippen LogP contribution in [0.25, 0.3) is 0 Å². The van der Waals surface area contributed by atoms with Crippen LogP contribution in [0.1, 0.15) is 26.7 Å². The van der Waals surface area contributed by atoms with Crippen molar-refractivity contribution >= 4 is 5.91 Å². The van der Waals surface area contributed by atoms with Gasteiger partial charge in [-0.2, -0.15) is 0 Å². The highest BCUT2D eigenvalue weighted by atomic mass is 16.2. The van der Waals surface area contributed by atoms with Crippen molar-refractivity contribution < 1.29 is 9.90 Å². The van der Waals surface area contributed by atoms with Crippen molar-refractivity contribution in [3.8, 4) is 0 Å². The van der Waals surface area contributed by atoms with Crippen molar-refractivity contribution in [2.45, 2.75) is 32.7 Å². The number of carbonyl (C=O) groups is 1. The summed E-state index contributed by atoms with van der Waals surface area (Å²) in [6, 6.07) is -0.0660. The zero-order valence-corrected chi connectivity index (χ0v) is 10.4. The van der Waals surface area contributed by atoms with E-state index in [-0.39, 0.29) is 18.6 Å². The molecule has 1 amide bonds. The summed E-state index contributed by atoms with van der Waals surface area (Å²) in [6.07, 6.45) is 1.74. The van der Waals surface area contributed by atoms with Crippen LogP contribution >= 0.6 is 0 Å². The van der Waals surface area contributed by atoms with E-state index in [9.17, 15) is 4.79 Å². The Kier molecular flexibility index (Phi) is 7.34. The minimum atomic E-state index is -0.0660. The molecule has 4 heteroatoms. The molecule has 15 heavy (non-hydrogen) atoms. The maximum Gasteiger partial charge on any atom is 0.239 e. The van der Waals surface area contributed by atoms with Crippen molar-refractivity contribution in [3.63, 3.8) is 0 Å². The molecule has 0 aromatic heterocycles. The lowest BCUT2D eigenvalue weighted by Crippen LogP contribution is -2.44. The number of aliphatic hydroxyl groups excluding tert-OH is 1. The molecule has 0 aliphatic carbocycles. The Bertz CT molecular complexity index is 183. The largest absolute Gasteiger partial charge is 0.396 e. The van der Waals surface area contributed by atoms with Crippen molar-refractivity contribution in [3.05, 3.63) is 0 Å². The van der Waals surface area contributed by atoms with Gasteiger partial charge in [0.15, 0.2) is 0 Å². The van der Waals surface area contributed by atoms with E-state index in [0.717, 1.165) is 25.9 Å². The van der Waals surface area contributed by atoms with Crippen molar-refractivity contribution in [2.75, 3.05) is 33.8 Å². The highest BCUT2D eigenvalue weighted by molar-refractivity contribution is 5.80. The Morgan fingerprint density at radius 1 is 1.33 bits per heavy atom. The van der Waals surface area contributed by atoms with Gasteiger partial charge in [-0.05, 0) is 32.9 Å². The van der Waals surface area contributed by atoms with E-state index in [1.807, 2.05) is 6.92 Å². The Hall–Kier alpha value is -0.610. The number of hydrogen-bond donors (Lipinski definition) is 1. The fourth-order valence-corrected chi connectivity index (χ4v) is 1.58. The van der Waals surface area contributed by atoms with Crippen molar-refractivity contribution in [1.82, 2.24) is 9.80 Å². The highest BCUT2D eigenvalue weighted by Gasteiger charge is 2.20. The second kappa shape index (κ2) is 7.65. The summed E-state index contributed by atoms with van der Waals surface area (Å²) in [5, 5.41) is 8.69. The molecular formula is C11H24N2O2. The molecule has 1 N–H and O–H groups in total. The summed E-state index contributed by atoms with van der Waals surface area (Å²) in [6.45, 7) is 5.96. The maximum atomic E-state index is 11.7. The van der Waals surface area contributed by atoms with Gasteiger partial charge in [-0.15, -0.1) is 0 Å². The summed E-state index contributed by atoms with van der Waals surface area (Å²) in [7, 11) is 3.56. The first kappa shape index (κ1) is 14.4. The summed E-state index contributed by atoms with van der Waals surface area (Å²) in [4.78, 5) is 15.5. The van der Waals surface area contributed by atoms with Gasteiger partial charge < -0.3 is 10.0 Å². The molecule has 0 radical (unpaired) electrons. The van der Waals surface area contributed by atoms with Gasteiger partial charge >= 0.3 is 0 Å². The molecule has 1 unspecified atom stereocenters. The predicted molar refractivity (Wildman–Crippen MR) is 61.7 cm³/mol. The molecule has 0 spiro atoms. The van der Waals surface area contributed by atoms with Crippen molar-refractivity contribution in [1.29, 1.82) is 0 Å². The van der Waals surface area contributed by atoms with Gasteiger partial charge in [-0.3, -0.25) is 9.69 Å². The molecule has 90 valence electrons. The fraction of sp³-hybridized carbons (Fsp3) is 0.909. The average molecular weight is 216 g/mol. The number of rotatable bonds is 7. The number of hydrogen-bond acceptors (Lipinski definition) is 3. The molecule has 0 aliphatic rings. The molecule has 0 aromatic rings. The lowest BCUT2D eigenvalue weighted by atomic mass is 10.2. The fourth-order valence-electron chi connectivity index (χ4n) is 1.58. The zero-order chi connectivity index (χ0) is 11.8. The van der Waals surface area contributed by atoms with Crippen LogP contribution in [0.5, 0.6) is 0 Å². The number of aliphatic hydroxyl groups is 1. The van der Waals surface area contributed by atoms with Gasteiger partial charge in [-0.1, -0.05) is 6.92 Å². The molecule has 4 nitrogen and oxygen atoms in total. The monoisotopic (exact) mass is 216 g/mol. The summed E-state index contributed by atoms with van der Waals surface area (Å²) in [5.74, 6) is 0.140. The van der Waals surface area contributed by atoms with Crippen molar-refractivity contribution in [2.24, 2.45) is 0 Å². The van der Waals surface area contributed by atoms with E-state index in [1.54, 1.807) is 19.0 Å². The predicted octanol–water partition coefficient (Wildman–Crippen LogP) is 0.557. The number of nitrogens with zero attached hydrogens (tertiary/aromatic N) is 2. The van der Waals surface area contributed by atoms with Crippen LogP contribution in [-0.4, -0.2) is 60.6 Å². The van der Waals surface area contributed by atoms with Crippen LogP contribution in [0.2, 0.25) is 0 Å². The Balaban J connectivity index is 4.09. The third-order valence-corrected chi connectivity index (χ3v) is 2.61. The van der Waals surface area contributed by atoms with Crippen LogP contribution in [0, 0.1) is 0 Å². The quantitative estimate of drug-likeness (QED) is 0.632. The highest BCUT2D eigenvalue weighted by Crippen LogP contribution is 2.04. The molecule has 0 aliphatic heterocycles. The number of likely N-dealkylation sites (N-methyl/N-ethyl adjacent to an activating group) is 2. The van der Waals surface area contributed by atoms with Gasteiger partial charge in [0.05, 0.1) is 6.04 Å². The summed E-state index contributed by atoms with van der Waals surface area (Å²) in [5.41, 5.74) is 0. The molecule has 1 atom stereocenters. The summed E-state index contributed by atoms with van der Waals surface area (Å²) >= 11 is 0. The first-order valence-corrected chi connectivity index (χ1v) is 5.60. The number of amides is 1. The van der Waals surface area contributed by atoms with Gasteiger partial charge in [0.25, 0.3) is 0 Å². The molecule has 0 rings (SSSR count).